The van der Waals surface area contributed by atoms with E-state index in [1.807, 2.05) is 50.2 Å². The summed E-state index contributed by atoms with van der Waals surface area (Å²) >= 11 is 6.19. The van der Waals surface area contributed by atoms with E-state index in [1.165, 1.54) is 0 Å². The molecule has 0 bridgehead atoms. The van der Waals surface area contributed by atoms with Gasteiger partial charge in [0.1, 0.15) is 5.82 Å². The molecule has 3 heterocycles. The smallest absolute Gasteiger partial charge is 0.257 e. The molecule has 0 aliphatic carbocycles. The van der Waals surface area contributed by atoms with Gasteiger partial charge in [-0.15, -0.1) is 0 Å². The SMILES string of the molecule is Cc1ccc(NC(=O)c2ccc(CN3C(=O)c4ccc(Cl)cc4CC(=O)[C@H]3Cc3ccccn3)cc2C)nc1. The molecule has 0 radical (unpaired) electrons. The molecular formula is C31H27ClN4O3. The average molecular weight is 539 g/mol. The van der Waals surface area contributed by atoms with Gasteiger partial charge in [-0.25, -0.2) is 4.98 Å². The van der Waals surface area contributed by atoms with E-state index >= 15 is 0 Å². The number of Topliss-reactive ketones (excluding diaryl/α,β-unsaturated/α-hetero) is 1. The van der Waals surface area contributed by atoms with Crippen molar-refractivity contribution >= 4 is 35.0 Å². The van der Waals surface area contributed by atoms with Crippen LogP contribution in [0.1, 0.15) is 48.7 Å². The van der Waals surface area contributed by atoms with Crippen molar-refractivity contribution < 1.29 is 14.4 Å². The Bertz CT molecular complexity index is 1550. The van der Waals surface area contributed by atoms with Gasteiger partial charge in [0.2, 0.25) is 0 Å². The van der Waals surface area contributed by atoms with Crippen molar-refractivity contribution in [2.24, 2.45) is 0 Å². The molecule has 5 rings (SSSR count). The second-order valence-electron chi connectivity index (χ2n) is 9.74. The van der Waals surface area contributed by atoms with Gasteiger partial charge in [0, 0.05) is 53.6 Å². The highest BCUT2D eigenvalue weighted by Crippen LogP contribution is 2.27. The van der Waals surface area contributed by atoms with Gasteiger partial charge in [0.25, 0.3) is 11.8 Å². The van der Waals surface area contributed by atoms with E-state index in [4.69, 9.17) is 11.6 Å². The number of pyridine rings is 2. The molecule has 0 fully saturated rings. The fourth-order valence-corrected chi connectivity index (χ4v) is 5.01. The number of hydrogen-bond donors (Lipinski definition) is 1. The Kier molecular flexibility index (Phi) is 7.52. The first kappa shape index (κ1) is 26.3. The number of anilines is 1. The van der Waals surface area contributed by atoms with Crippen molar-refractivity contribution in [3.63, 3.8) is 0 Å². The maximum atomic E-state index is 13.8. The van der Waals surface area contributed by atoms with Gasteiger partial charge in [-0.3, -0.25) is 19.4 Å². The zero-order chi connectivity index (χ0) is 27.5. The number of halogens is 1. The first-order chi connectivity index (χ1) is 18.8. The van der Waals surface area contributed by atoms with Crippen LogP contribution in [0.25, 0.3) is 0 Å². The van der Waals surface area contributed by atoms with Crippen LogP contribution in [-0.4, -0.2) is 38.5 Å². The van der Waals surface area contributed by atoms with Crippen molar-refractivity contribution in [3.05, 3.63) is 123 Å². The fourth-order valence-electron chi connectivity index (χ4n) is 4.82. The van der Waals surface area contributed by atoms with Crippen LogP contribution in [-0.2, 0) is 24.2 Å². The third-order valence-electron chi connectivity index (χ3n) is 6.84. The van der Waals surface area contributed by atoms with Crippen LogP contribution in [0.3, 0.4) is 0 Å². The zero-order valence-corrected chi connectivity index (χ0v) is 22.4. The molecule has 1 aliphatic heterocycles. The van der Waals surface area contributed by atoms with E-state index in [0.29, 0.717) is 34.0 Å². The van der Waals surface area contributed by atoms with Crippen LogP contribution in [0, 0.1) is 13.8 Å². The molecule has 2 aromatic carbocycles. The quantitative estimate of drug-likeness (QED) is 0.356. The number of carbonyl (C=O) groups excluding carboxylic acids is 3. The van der Waals surface area contributed by atoms with Gasteiger partial charge in [-0.1, -0.05) is 35.9 Å². The lowest BCUT2D eigenvalue weighted by atomic mass is 9.99. The molecule has 0 saturated heterocycles. The molecule has 196 valence electrons. The van der Waals surface area contributed by atoms with Crippen molar-refractivity contribution in [1.82, 2.24) is 14.9 Å². The molecule has 2 aromatic heterocycles. The van der Waals surface area contributed by atoms with Crippen molar-refractivity contribution in [1.29, 1.82) is 0 Å². The van der Waals surface area contributed by atoms with Crippen LogP contribution in [0.15, 0.2) is 79.1 Å². The Morgan fingerprint density at radius 3 is 2.59 bits per heavy atom. The van der Waals surface area contributed by atoms with Crippen LogP contribution < -0.4 is 5.32 Å². The molecule has 1 aliphatic rings. The second kappa shape index (κ2) is 11.2. The van der Waals surface area contributed by atoms with Gasteiger partial charge in [0.15, 0.2) is 5.78 Å². The molecule has 8 heteroatoms. The van der Waals surface area contributed by atoms with Crippen LogP contribution in [0.2, 0.25) is 5.02 Å². The van der Waals surface area contributed by atoms with E-state index < -0.39 is 6.04 Å². The van der Waals surface area contributed by atoms with E-state index in [9.17, 15) is 14.4 Å². The van der Waals surface area contributed by atoms with E-state index in [2.05, 4.69) is 15.3 Å². The lowest BCUT2D eigenvalue weighted by molar-refractivity contribution is -0.122. The number of ketones is 1. The summed E-state index contributed by atoms with van der Waals surface area (Å²) in [7, 11) is 0. The lowest BCUT2D eigenvalue weighted by Crippen LogP contribution is -2.45. The normalized spacial score (nSPS) is 15.1. The van der Waals surface area contributed by atoms with Gasteiger partial charge in [0.05, 0.1) is 6.04 Å². The van der Waals surface area contributed by atoms with Crippen LogP contribution >= 0.6 is 11.6 Å². The lowest BCUT2D eigenvalue weighted by Gasteiger charge is -2.29. The number of fused-ring (bicyclic) bond motifs is 1. The van der Waals surface area contributed by atoms with Gasteiger partial charge in [-0.2, -0.15) is 0 Å². The maximum absolute atomic E-state index is 13.8. The molecule has 1 N–H and O–H groups in total. The Labute approximate surface area is 231 Å². The number of hydrogen-bond acceptors (Lipinski definition) is 5. The Morgan fingerprint density at radius 1 is 1.03 bits per heavy atom. The number of nitrogens with zero attached hydrogens (tertiary/aromatic N) is 3. The monoisotopic (exact) mass is 538 g/mol. The van der Waals surface area contributed by atoms with Crippen molar-refractivity contribution in [3.8, 4) is 0 Å². The summed E-state index contributed by atoms with van der Waals surface area (Å²) in [5.74, 6) is -0.110. The molecule has 0 unspecified atom stereocenters. The summed E-state index contributed by atoms with van der Waals surface area (Å²) < 4.78 is 0. The second-order valence-corrected chi connectivity index (χ2v) is 10.2. The van der Waals surface area contributed by atoms with Gasteiger partial charge < -0.3 is 10.2 Å². The minimum Gasteiger partial charge on any atom is -0.324 e. The first-order valence-corrected chi connectivity index (χ1v) is 13.0. The summed E-state index contributed by atoms with van der Waals surface area (Å²) in [6.45, 7) is 3.98. The number of nitrogens with one attached hydrogen (secondary N) is 1. The maximum Gasteiger partial charge on any atom is 0.257 e. The van der Waals surface area contributed by atoms with Gasteiger partial charge in [-0.05, 0) is 78.6 Å². The summed E-state index contributed by atoms with van der Waals surface area (Å²) in [6.07, 6.45) is 3.78. The number of aromatic nitrogens is 2. The van der Waals surface area contributed by atoms with E-state index in [0.717, 1.165) is 22.4 Å². The minimum atomic E-state index is -0.700. The highest BCUT2D eigenvalue weighted by atomic mass is 35.5. The van der Waals surface area contributed by atoms with Crippen LogP contribution in [0.5, 0.6) is 0 Å². The van der Waals surface area contributed by atoms with E-state index in [1.54, 1.807) is 47.6 Å². The minimum absolute atomic E-state index is 0.0756. The van der Waals surface area contributed by atoms with Gasteiger partial charge >= 0.3 is 0 Å². The summed E-state index contributed by atoms with van der Waals surface area (Å²) in [4.78, 5) is 50.5. The van der Waals surface area contributed by atoms with Crippen LogP contribution in [0.4, 0.5) is 5.82 Å². The molecule has 4 aromatic rings. The first-order valence-electron chi connectivity index (χ1n) is 12.6. The predicted octanol–water partition coefficient (Wildman–Crippen LogP) is 5.38. The molecule has 0 saturated carbocycles. The fraction of sp³-hybridized carbons (Fsp3) is 0.194. The molecule has 2 amide bonds. The number of aryl methyl sites for hydroxylation is 2. The molecule has 0 spiro atoms. The number of benzene rings is 2. The standard InChI is InChI=1S/C31H27ClN4O3/c1-19-6-11-29(34-17-19)35-30(38)25-9-7-21(13-20(25)2)18-36-27(16-24-5-3-4-12-33-24)28(37)15-22-14-23(32)8-10-26(22)31(36)39/h3-14,17,27H,15-16,18H2,1-2H3,(H,34,35,38)/t27-/m1/s1. The van der Waals surface area contributed by atoms with E-state index in [-0.39, 0.29) is 30.6 Å². The zero-order valence-electron chi connectivity index (χ0n) is 21.6. The molecular weight excluding hydrogens is 512 g/mol. The number of amides is 2. The Hall–Kier alpha value is -4.36. The average Bonchev–Trinajstić information content (AvgIpc) is 3.00. The summed E-state index contributed by atoms with van der Waals surface area (Å²) in [5.41, 5.74) is 4.88. The molecule has 7 nitrogen and oxygen atoms in total. The predicted molar refractivity (Wildman–Crippen MR) is 150 cm³/mol. The highest BCUT2D eigenvalue weighted by Gasteiger charge is 2.35. The van der Waals surface area contributed by atoms with Crippen molar-refractivity contribution in [2.75, 3.05) is 5.32 Å². The van der Waals surface area contributed by atoms with Crippen molar-refractivity contribution in [2.45, 2.75) is 39.3 Å². The Balaban J connectivity index is 1.44. The topological polar surface area (TPSA) is 92.3 Å². The molecule has 1 atom stereocenters. The number of carbonyl (C=O) groups is 3. The highest BCUT2D eigenvalue weighted by molar-refractivity contribution is 6.30. The third-order valence-corrected chi connectivity index (χ3v) is 7.08. The summed E-state index contributed by atoms with van der Waals surface area (Å²) in [6, 6.07) is 18.9. The largest absolute Gasteiger partial charge is 0.324 e. The third kappa shape index (κ3) is 5.89. The number of rotatable bonds is 6. The Morgan fingerprint density at radius 2 is 1.87 bits per heavy atom. The summed E-state index contributed by atoms with van der Waals surface area (Å²) in [5, 5.41) is 3.30. The molecule has 39 heavy (non-hydrogen) atoms.